The Morgan fingerprint density at radius 3 is 2.80 bits per heavy atom. The number of fused-ring (bicyclic) bond motifs is 1. The van der Waals surface area contributed by atoms with E-state index in [0.717, 1.165) is 5.56 Å². The van der Waals surface area contributed by atoms with E-state index in [1.54, 1.807) is 47.9 Å². The summed E-state index contributed by atoms with van der Waals surface area (Å²) in [6.45, 7) is 2.04. The standard InChI is InChI=1S/C21H17ClN4O3S/c1-13-9-18(25-29-13)24-19(27)12-30-21-23-17-8-3-2-7-16(17)20(28)26(21)11-14-5-4-6-15(22)10-14/h2-10H,11-12H2,1H3,(H,24,25,27). The molecule has 0 bridgehead atoms. The molecule has 0 saturated heterocycles. The quantitative estimate of drug-likeness (QED) is 0.358. The third-order valence-electron chi connectivity index (χ3n) is 4.28. The summed E-state index contributed by atoms with van der Waals surface area (Å²) in [6.07, 6.45) is 0. The van der Waals surface area contributed by atoms with Crippen LogP contribution in [0.2, 0.25) is 5.02 Å². The fraction of sp³-hybridized carbons (Fsp3) is 0.143. The van der Waals surface area contributed by atoms with Crippen molar-refractivity contribution in [3.63, 3.8) is 0 Å². The summed E-state index contributed by atoms with van der Waals surface area (Å²) >= 11 is 7.27. The van der Waals surface area contributed by atoms with Crippen LogP contribution in [0.4, 0.5) is 5.82 Å². The lowest BCUT2D eigenvalue weighted by Crippen LogP contribution is -2.25. The molecule has 1 amide bonds. The van der Waals surface area contributed by atoms with Crippen LogP contribution in [0.1, 0.15) is 11.3 Å². The first kappa shape index (κ1) is 20.2. The Morgan fingerprint density at radius 1 is 1.20 bits per heavy atom. The van der Waals surface area contributed by atoms with Crippen molar-refractivity contribution in [1.82, 2.24) is 14.7 Å². The molecule has 0 aliphatic heterocycles. The molecule has 7 nitrogen and oxygen atoms in total. The van der Waals surface area contributed by atoms with E-state index in [4.69, 9.17) is 16.1 Å². The molecule has 2 heterocycles. The number of nitrogens with one attached hydrogen (secondary N) is 1. The van der Waals surface area contributed by atoms with Gasteiger partial charge in [0.1, 0.15) is 5.76 Å². The van der Waals surface area contributed by atoms with Crippen molar-refractivity contribution in [2.75, 3.05) is 11.1 Å². The van der Waals surface area contributed by atoms with Crippen molar-refractivity contribution in [1.29, 1.82) is 0 Å². The number of carbonyl (C=O) groups is 1. The average molecular weight is 441 g/mol. The predicted octanol–water partition coefficient (Wildman–Crippen LogP) is 4.13. The molecule has 0 spiro atoms. The number of rotatable bonds is 6. The SMILES string of the molecule is Cc1cc(NC(=O)CSc2nc3ccccc3c(=O)n2Cc2cccc(Cl)c2)no1. The Balaban J connectivity index is 1.63. The number of thioether (sulfide) groups is 1. The van der Waals surface area contributed by atoms with Crippen LogP contribution in [0.15, 0.2) is 69.1 Å². The number of hydrogen-bond donors (Lipinski definition) is 1. The van der Waals surface area contributed by atoms with Gasteiger partial charge in [0.25, 0.3) is 5.56 Å². The molecule has 9 heteroatoms. The topological polar surface area (TPSA) is 90.0 Å². The highest BCUT2D eigenvalue weighted by Gasteiger charge is 2.14. The fourth-order valence-corrected chi connectivity index (χ4v) is 3.96. The third-order valence-corrected chi connectivity index (χ3v) is 5.50. The number of hydrogen-bond acceptors (Lipinski definition) is 6. The van der Waals surface area contributed by atoms with Gasteiger partial charge in [-0.25, -0.2) is 4.98 Å². The van der Waals surface area contributed by atoms with E-state index in [1.807, 2.05) is 18.2 Å². The zero-order valence-corrected chi connectivity index (χ0v) is 17.5. The van der Waals surface area contributed by atoms with Crippen molar-refractivity contribution >= 4 is 46.0 Å². The lowest BCUT2D eigenvalue weighted by atomic mass is 10.2. The number of benzene rings is 2. The number of carbonyl (C=O) groups excluding carboxylic acids is 1. The Hall–Kier alpha value is -3.10. The molecule has 0 saturated carbocycles. The largest absolute Gasteiger partial charge is 0.360 e. The van der Waals surface area contributed by atoms with Gasteiger partial charge in [-0.3, -0.25) is 14.2 Å². The minimum atomic E-state index is -0.273. The Morgan fingerprint density at radius 2 is 2.03 bits per heavy atom. The number of para-hydroxylation sites is 1. The molecular formula is C21H17ClN4O3S. The summed E-state index contributed by atoms with van der Waals surface area (Å²) in [5.41, 5.74) is 1.28. The van der Waals surface area contributed by atoms with Gasteiger partial charge >= 0.3 is 0 Å². The third kappa shape index (κ3) is 4.55. The van der Waals surface area contributed by atoms with Gasteiger partial charge in [-0.1, -0.05) is 52.8 Å². The van der Waals surface area contributed by atoms with E-state index in [9.17, 15) is 9.59 Å². The molecule has 0 aliphatic rings. The summed E-state index contributed by atoms with van der Waals surface area (Å²) in [4.78, 5) is 30.1. The second-order valence-corrected chi connectivity index (χ2v) is 7.97. The van der Waals surface area contributed by atoms with Crippen molar-refractivity contribution in [2.24, 2.45) is 0 Å². The highest BCUT2D eigenvalue weighted by atomic mass is 35.5. The van der Waals surface area contributed by atoms with E-state index < -0.39 is 0 Å². The van der Waals surface area contributed by atoms with Crippen molar-refractivity contribution in [2.45, 2.75) is 18.6 Å². The average Bonchev–Trinajstić information content (AvgIpc) is 3.13. The fourth-order valence-electron chi connectivity index (χ4n) is 2.95. The van der Waals surface area contributed by atoms with Crippen LogP contribution in [-0.4, -0.2) is 26.4 Å². The predicted molar refractivity (Wildman–Crippen MR) is 117 cm³/mol. The molecule has 2 aromatic heterocycles. The van der Waals surface area contributed by atoms with E-state index in [2.05, 4.69) is 15.5 Å². The van der Waals surface area contributed by atoms with E-state index in [-0.39, 0.29) is 17.2 Å². The molecule has 0 unspecified atom stereocenters. The molecule has 30 heavy (non-hydrogen) atoms. The van der Waals surface area contributed by atoms with E-state index >= 15 is 0 Å². The van der Waals surface area contributed by atoms with Gasteiger partial charge in [-0.05, 0) is 36.8 Å². The highest BCUT2D eigenvalue weighted by molar-refractivity contribution is 7.99. The number of nitrogens with zero attached hydrogens (tertiary/aromatic N) is 3. The van der Waals surface area contributed by atoms with Gasteiger partial charge in [0.05, 0.1) is 23.2 Å². The van der Waals surface area contributed by atoms with Crippen molar-refractivity contribution in [3.05, 3.63) is 81.3 Å². The maximum absolute atomic E-state index is 13.1. The minimum Gasteiger partial charge on any atom is -0.360 e. The summed E-state index contributed by atoms with van der Waals surface area (Å²) in [7, 11) is 0. The molecule has 1 N–H and O–H groups in total. The van der Waals surface area contributed by atoms with Crippen LogP contribution < -0.4 is 10.9 Å². The van der Waals surface area contributed by atoms with Crippen LogP contribution in [0, 0.1) is 6.92 Å². The molecule has 0 radical (unpaired) electrons. The molecule has 4 rings (SSSR count). The second-order valence-electron chi connectivity index (χ2n) is 6.59. The van der Waals surface area contributed by atoms with E-state index in [1.165, 1.54) is 11.8 Å². The van der Waals surface area contributed by atoms with Gasteiger partial charge in [0.2, 0.25) is 5.91 Å². The molecule has 0 fully saturated rings. The molecule has 4 aromatic rings. The second kappa shape index (κ2) is 8.73. The number of halogens is 1. The zero-order chi connectivity index (χ0) is 21.1. The Kier molecular flexibility index (Phi) is 5.87. The molecule has 2 aromatic carbocycles. The van der Waals surface area contributed by atoms with Crippen LogP contribution in [-0.2, 0) is 11.3 Å². The van der Waals surface area contributed by atoms with Crippen LogP contribution >= 0.6 is 23.4 Å². The van der Waals surface area contributed by atoms with Gasteiger partial charge in [0, 0.05) is 11.1 Å². The minimum absolute atomic E-state index is 0.0617. The summed E-state index contributed by atoms with van der Waals surface area (Å²) in [5.74, 6) is 0.738. The maximum atomic E-state index is 13.1. The lowest BCUT2D eigenvalue weighted by Gasteiger charge is -2.13. The number of anilines is 1. The highest BCUT2D eigenvalue weighted by Crippen LogP contribution is 2.20. The van der Waals surface area contributed by atoms with Crippen LogP contribution in [0.3, 0.4) is 0 Å². The maximum Gasteiger partial charge on any atom is 0.262 e. The number of aromatic nitrogens is 3. The van der Waals surface area contributed by atoms with Crippen molar-refractivity contribution < 1.29 is 9.32 Å². The summed E-state index contributed by atoms with van der Waals surface area (Å²) < 4.78 is 6.51. The molecule has 0 atom stereocenters. The molecule has 152 valence electrons. The summed E-state index contributed by atoms with van der Waals surface area (Å²) in [5, 5.41) is 7.97. The lowest BCUT2D eigenvalue weighted by molar-refractivity contribution is -0.113. The summed E-state index contributed by atoms with van der Waals surface area (Å²) in [6, 6.07) is 16.1. The first-order chi connectivity index (χ1) is 14.5. The first-order valence-electron chi connectivity index (χ1n) is 9.09. The number of aryl methyl sites for hydroxylation is 1. The van der Waals surface area contributed by atoms with E-state index in [0.29, 0.717) is 39.2 Å². The molecule has 0 aliphatic carbocycles. The van der Waals surface area contributed by atoms with Gasteiger partial charge in [0.15, 0.2) is 11.0 Å². The van der Waals surface area contributed by atoms with Gasteiger partial charge in [-0.2, -0.15) is 0 Å². The first-order valence-corrected chi connectivity index (χ1v) is 10.5. The monoisotopic (exact) mass is 440 g/mol. The van der Waals surface area contributed by atoms with Crippen molar-refractivity contribution in [3.8, 4) is 0 Å². The zero-order valence-electron chi connectivity index (χ0n) is 16.0. The Labute approximate surface area is 181 Å². The van der Waals surface area contributed by atoms with Gasteiger partial charge in [-0.15, -0.1) is 0 Å². The normalized spacial score (nSPS) is 11.0. The van der Waals surface area contributed by atoms with Crippen LogP contribution in [0.5, 0.6) is 0 Å². The smallest absolute Gasteiger partial charge is 0.262 e. The van der Waals surface area contributed by atoms with Crippen LogP contribution in [0.25, 0.3) is 10.9 Å². The number of amides is 1. The molecular weight excluding hydrogens is 424 g/mol. The Bertz CT molecular complexity index is 1280. The van der Waals surface area contributed by atoms with Gasteiger partial charge < -0.3 is 9.84 Å².